The van der Waals surface area contributed by atoms with Gasteiger partial charge in [0.2, 0.25) is 11.6 Å². The molecule has 0 saturated heterocycles. The van der Waals surface area contributed by atoms with Crippen LogP contribution in [0.25, 0.3) is 0 Å². The maximum Gasteiger partial charge on any atom is 0.278 e. The van der Waals surface area contributed by atoms with Crippen molar-refractivity contribution in [3.63, 3.8) is 0 Å². The predicted molar refractivity (Wildman–Crippen MR) is 114 cm³/mol. The molecule has 10 heteroatoms. The number of aliphatic imine (C=N–C) groups is 1. The van der Waals surface area contributed by atoms with Crippen molar-refractivity contribution in [3.05, 3.63) is 40.2 Å². The van der Waals surface area contributed by atoms with Crippen molar-refractivity contribution >= 4 is 26.0 Å². The average Bonchev–Trinajstić information content (AvgIpc) is 3.05. The minimum absolute atomic E-state index is 0.0903. The Balaban J connectivity index is 1.57. The molecule has 4 rings (SSSR count). The summed E-state index contributed by atoms with van der Waals surface area (Å²) in [6.45, 7) is 7.48. The molecule has 2 aliphatic heterocycles. The molecule has 0 fully saturated rings. The van der Waals surface area contributed by atoms with Crippen LogP contribution in [0.4, 0.5) is 5.82 Å². The van der Waals surface area contributed by atoms with Gasteiger partial charge in [0, 0.05) is 50.3 Å². The molecule has 3 heterocycles. The molecule has 3 aliphatic rings. The van der Waals surface area contributed by atoms with E-state index in [0.29, 0.717) is 36.7 Å². The van der Waals surface area contributed by atoms with Gasteiger partial charge in [-0.2, -0.15) is 0 Å². The second-order valence-corrected chi connectivity index (χ2v) is 14.9. The number of anilines is 1. The van der Waals surface area contributed by atoms with Gasteiger partial charge in [0.25, 0.3) is 5.91 Å². The summed E-state index contributed by atoms with van der Waals surface area (Å²) in [5.41, 5.74) is -0.561. The third kappa shape index (κ3) is 3.89. The van der Waals surface area contributed by atoms with Crippen LogP contribution in [-0.2, 0) is 9.53 Å². The average molecular weight is 431 g/mol. The van der Waals surface area contributed by atoms with E-state index in [9.17, 15) is 14.9 Å². The van der Waals surface area contributed by atoms with Crippen LogP contribution in [0.3, 0.4) is 0 Å². The SMILES string of the molecule is C[Si](C)(C)CCOCN1C(=O)C2(C=C3N=CC([N+](=O)[O-])CC3C2)Oc2cccnc21. The molecule has 3 atom stereocenters. The largest absolute Gasteiger partial charge is 0.469 e. The molecule has 0 bridgehead atoms. The molecule has 9 nitrogen and oxygen atoms in total. The number of rotatable bonds is 6. The van der Waals surface area contributed by atoms with Crippen LogP contribution in [-0.4, -0.2) is 55.1 Å². The molecule has 1 amide bonds. The molecule has 1 aliphatic carbocycles. The Morgan fingerprint density at radius 2 is 2.23 bits per heavy atom. The van der Waals surface area contributed by atoms with E-state index in [1.54, 1.807) is 24.4 Å². The third-order valence-electron chi connectivity index (χ3n) is 5.66. The molecule has 30 heavy (non-hydrogen) atoms. The van der Waals surface area contributed by atoms with E-state index in [0.717, 1.165) is 6.04 Å². The van der Waals surface area contributed by atoms with Gasteiger partial charge in [-0.1, -0.05) is 19.6 Å². The summed E-state index contributed by atoms with van der Waals surface area (Å²) in [5.74, 6) is 0.468. The third-order valence-corrected chi connectivity index (χ3v) is 7.37. The first-order valence-corrected chi connectivity index (χ1v) is 13.8. The van der Waals surface area contributed by atoms with E-state index in [2.05, 4.69) is 29.6 Å². The van der Waals surface area contributed by atoms with Crippen LogP contribution in [0, 0.1) is 16.0 Å². The van der Waals surface area contributed by atoms with Gasteiger partial charge in [0.1, 0.15) is 6.73 Å². The van der Waals surface area contributed by atoms with E-state index in [4.69, 9.17) is 9.47 Å². The fourth-order valence-corrected chi connectivity index (χ4v) is 4.76. The zero-order chi connectivity index (χ0) is 21.5. The fourth-order valence-electron chi connectivity index (χ4n) is 4.00. The second-order valence-electron chi connectivity index (χ2n) is 9.23. The first-order valence-electron chi connectivity index (χ1n) is 10.1. The highest BCUT2D eigenvalue weighted by Crippen LogP contribution is 2.47. The Morgan fingerprint density at radius 3 is 2.97 bits per heavy atom. The highest BCUT2D eigenvalue weighted by molar-refractivity contribution is 6.76. The molecular formula is C20H26N4O5Si. The minimum atomic E-state index is -1.25. The van der Waals surface area contributed by atoms with Crippen LogP contribution in [0.2, 0.25) is 25.7 Å². The standard InChI is InChI=1S/C20H26N4O5Si/c1-30(2,3)8-7-28-13-23-18-17(5-4-6-21-18)29-20(19(23)25)10-14-9-15(24(26)27)12-22-16(14)11-20/h4-6,11-12,14-15H,7-10,13H2,1-3H3. The minimum Gasteiger partial charge on any atom is -0.469 e. The van der Waals surface area contributed by atoms with Crippen molar-refractivity contribution in [1.82, 2.24) is 4.98 Å². The summed E-state index contributed by atoms with van der Waals surface area (Å²) in [7, 11) is -1.25. The zero-order valence-electron chi connectivity index (χ0n) is 17.4. The normalized spacial score (nSPS) is 27.5. The van der Waals surface area contributed by atoms with Crippen LogP contribution in [0.15, 0.2) is 35.1 Å². The van der Waals surface area contributed by atoms with E-state index in [1.165, 1.54) is 11.1 Å². The van der Waals surface area contributed by atoms with Crippen molar-refractivity contribution < 1.29 is 19.2 Å². The lowest BCUT2D eigenvalue weighted by molar-refractivity contribution is -0.503. The number of aromatic nitrogens is 1. The lowest BCUT2D eigenvalue weighted by Crippen LogP contribution is -2.55. The number of nitrogens with zero attached hydrogens (tertiary/aromatic N) is 4. The maximum absolute atomic E-state index is 13.5. The van der Waals surface area contributed by atoms with Gasteiger partial charge >= 0.3 is 0 Å². The van der Waals surface area contributed by atoms with Gasteiger partial charge in [-0.3, -0.25) is 24.8 Å². The van der Waals surface area contributed by atoms with Crippen molar-refractivity contribution in [3.8, 4) is 5.75 Å². The zero-order valence-corrected chi connectivity index (χ0v) is 18.4. The lowest BCUT2D eigenvalue weighted by atomic mass is 9.90. The van der Waals surface area contributed by atoms with Crippen molar-refractivity contribution in [2.24, 2.45) is 10.9 Å². The molecule has 0 saturated carbocycles. The van der Waals surface area contributed by atoms with Gasteiger partial charge in [-0.15, -0.1) is 0 Å². The van der Waals surface area contributed by atoms with Crippen LogP contribution in [0.5, 0.6) is 5.75 Å². The van der Waals surface area contributed by atoms with Crippen LogP contribution < -0.4 is 9.64 Å². The molecule has 1 spiro atoms. The molecular weight excluding hydrogens is 404 g/mol. The topological polar surface area (TPSA) is 107 Å². The first kappa shape index (κ1) is 20.7. The smallest absolute Gasteiger partial charge is 0.278 e. The van der Waals surface area contributed by atoms with Crippen molar-refractivity contribution in [2.45, 2.75) is 50.2 Å². The molecule has 3 unspecified atom stereocenters. The molecule has 160 valence electrons. The van der Waals surface area contributed by atoms with Gasteiger partial charge in [0.05, 0.1) is 6.21 Å². The lowest BCUT2D eigenvalue weighted by Gasteiger charge is -2.39. The van der Waals surface area contributed by atoms with Crippen LogP contribution >= 0.6 is 0 Å². The molecule has 1 aromatic heterocycles. The Labute approximate surface area is 175 Å². The van der Waals surface area contributed by atoms with Crippen molar-refractivity contribution in [2.75, 3.05) is 18.2 Å². The number of allylic oxidation sites excluding steroid dienone is 1. The number of pyridine rings is 1. The second kappa shape index (κ2) is 7.58. The summed E-state index contributed by atoms with van der Waals surface area (Å²) in [6.07, 6.45) is 5.32. The Kier molecular flexibility index (Phi) is 5.23. The van der Waals surface area contributed by atoms with Gasteiger partial charge < -0.3 is 9.47 Å². The highest BCUT2D eigenvalue weighted by Gasteiger charge is 2.54. The van der Waals surface area contributed by atoms with E-state index < -0.39 is 19.7 Å². The number of carbonyl (C=O) groups excluding carboxylic acids is 1. The summed E-state index contributed by atoms with van der Waals surface area (Å²) in [4.78, 5) is 34.5. The number of carbonyl (C=O) groups is 1. The summed E-state index contributed by atoms with van der Waals surface area (Å²) in [6, 6.07) is 3.68. The first-order chi connectivity index (χ1) is 14.2. The highest BCUT2D eigenvalue weighted by atomic mass is 28.3. The molecule has 0 aromatic carbocycles. The number of hydrogen-bond donors (Lipinski definition) is 0. The van der Waals surface area contributed by atoms with Crippen molar-refractivity contribution in [1.29, 1.82) is 0 Å². The Morgan fingerprint density at radius 1 is 1.43 bits per heavy atom. The number of ether oxygens (including phenoxy) is 2. The molecule has 0 N–H and O–H groups in total. The van der Waals surface area contributed by atoms with Gasteiger partial charge in [-0.05, 0) is 24.3 Å². The van der Waals surface area contributed by atoms with Gasteiger partial charge in [0.15, 0.2) is 11.6 Å². The predicted octanol–water partition coefficient (Wildman–Crippen LogP) is 2.88. The van der Waals surface area contributed by atoms with E-state index in [-0.39, 0.29) is 23.5 Å². The fraction of sp³-hybridized carbons (Fsp3) is 0.550. The van der Waals surface area contributed by atoms with E-state index in [1.807, 2.05) is 0 Å². The van der Waals surface area contributed by atoms with Crippen LogP contribution in [0.1, 0.15) is 12.8 Å². The Bertz CT molecular complexity index is 928. The monoisotopic (exact) mass is 430 g/mol. The number of amides is 1. The molecule has 1 aromatic rings. The quantitative estimate of drug-likeness (QED) is 0.297. The Hall–Kier alpha value is -2.59. The number of hydrogen-bond acceptors (Lipinski definition) is 7. The maximum atomic E-state index is 13.5. The summed E-state index contributed by atoms with van der Waals surface area (Å²) < 4.78 is 12.0. The molecule has 0 radical (unpaired) electrons. The number of fused-ring (bicyclic) bond motifs is 2. The van der Waals surface area contributed by atoms with Gasteiger partial charge in [-0.25, -0.2) is 4.98 Å². The number of nitro groups is 1. The summed E-state index contributed by atoms with van der Waals surface area (Å²) in [5, 5.41) is 11.2. The summed E-state index contributed by atoms with van der Waals surface area (Å²) >= 11 is 0. The van der Waals surface area contributed by atoms with E-state index >= 15 is 0 Å².